The van der Waals surface area contributed by atoms with Gasteiger partial charge < -0.3 is 20.1 Å². The molecule has 2 rings (SSSR count). The molecule has 1 amide bonds. The highest BCUT2D eigenvalue weighted by Crippen LogP contribution is 2.11. The Bertz CT molecular complexity index is 759. The molecule has 0 radical (unpaired) electrons. The first-order chi connectivity index (χ1) is 11.0. The quantitative estimate of drug-likeness (QED) is 0.706. The van der Waals surface area contributed by atoms with Gasteiger partial charge in [0, 0.05) is 23.7 Å². The van der Waals surface area contributed by atoms with Crippen LogP contribution in [0.4, 0.5) is 5.69 Å². The monoisotopic (exact) mass is 314 g/mol. The van der Waals surface area contributed by atoms with Crippen molar-refractivity contribution >= 4 is 29.6 Å². The van der Waals surface area contributed by atoms with E-state index in [2.05, 4.69) is 5.32 Å². The molecule has 7 heteroatoms. The Morgan fingerprint density at radius 1 is 1.09 bits per heavy atom. The van der Waals surface area contributed by atoms with Crippen LogP contribution in [0.1, 0.15) is 16.1 Å². The first-order valence-corrected chi connectivity index (χ1v) is 6.65. The maximum atomic E-state index is 12.0. The van der Waals surface area contributed by atoms with Gasteiger partial charge in [-0.15, -0.1) is 0 Å². The van der Waals surface area contributed by atoms with Crippen LogP contribution in [0.3, 0.4) is 0 Å². The molecule has 0 aliphatic heterocycles. The van der Waals surface area contributed by atoms with Crippen molar-refractivity contribution in [1.82, 2.24) is 4.57 Å². The summed E-state index contributed by atoms with van der Waals surface area (Å²) >= 11 is 0. The van der Waals surface area contributed by atoms with Crippen LogP contribution in [0.2, 0.25) is 0 Å². The number of anilines is 1. The van der Waals surface area contributed by atoms with Gasteiger partial charge in [0.1, 0.15) is 6.54 Å². The summed E-state index contributed by atoms with van der Waals surface area (Å²) < 4.78 is 1.60. The fraction of sp³-hybridized carbons (Fsp3) is 0.0625. The lowest BCUT2D eigenvalue weighted by atomic mass is 10.2. The molecule has 0 bridgehead atoms. The standard InChI is InChI=1S/C16H14N2O5/c19-14(17-12-5-3-11(4-6-12)16(22)23)10-18-9-1-2-13(18)7-8-15(20)21/h1-9H,10H2,(H,17,19)(H,20,21)(H,22,23)/b8-7+. The molecule has 2 aromatic rings. The van der Waals surface area contributed by atoms with Crippen LogP contribution >= 0.6 is 0 Å². The zero-order chi connectivity index (χ0) is 16.8. The SMILES string of the molecule is O=C(O)/C=C/c1cccn1CC(=O)Nc1ccc(C(=O)O)cc1. The number of rotatable bonds is 6. The van der Waals surface area contributed by atoms with Crippen LogP contribution in [0.5, 0.6) is 0 Å². The van der Waals surface area contributed by atoms with E-state index < -0.39 is 11.9 Å². The molecule has 3 N–H and O–H groups in total. The van der Waals surface area contributed by atoms with Gasteiger partial charge in [0.15, 0.2) is 0 Å². The van der Waals surface area contributed by atoms with E-state index in [4.69, 9.17) is 10.2 Å². The molecule has 1 aromatic carbocycles. The topological polar surface area (TPSA) is 109 Å². The zero-order valence-corrected chi connectivity index (χ0v) is 12.0. The summed E-state index contributed by atoms with van der Waals surface area (Å²) in [6.07, 6.45) is 4.06. The number of benzene rings is 1. The molecule has 0 saturated carbocycles. The van der Waals surface area contributed by atoms with Gasteiger partial charge in [-0.3, -0.25) is 4.79 Å². The summed E-state index contributed by atoms with van der Waals surface area (Å²) in [4.78, 5) is 33.3. The number of nitrogens with zero attached hydrogens (tertiary/aromatic N) is 1. The lowest BCUT2D eigenvalue weighted by Crippen LogP contribution is -2.19. The second-order valence-corrected chi connectivity index (χ2v) is 4.66. The Hall–Kier alpha value is -3.35. The smallest absolute Gasteiger partial charge is 0.335 e. The first kappa shape index (κ1) is 16.0. The predicted molar refractivity (Wildman–Crippen MR) is 83.1 cm³/mol. The third-order valence-electron chi connectivity index (χ3n) is 2.99. The predicted octanol–water partition coefficient (Wildman–Crippen LogP) is 1.92. The van der Waals surface area contributed by atoms with Gasteiger partial charge in [-0.1, -0.05) is 0 Å². The molecule has 0 aliphatic carbocycles. The summed E-state index contributed by atoms with van der Waals surface area (Å²) in [6, 6.07) is 9.19. The molecule has 1 heterocycles. The van der Waals surface area contributed by atoms with Crippen molar-refractivity contribution in [3.8, 4) is 0 Å². The summed E-state index contributed by atoms with van der Waals surface area (Å²) in [5.74, 6) is -2.42. The van der Waals surface area contributed by atoms with Crippen LogP contribution in [-0.4, -0.2) is 32.6 Å². The number of aromatic carboxylic acids is 1. The zero-order valence-electron chi connectivity index (χ0n) is 12.0. The Morgan fingerprint density at radius 2 is 1.78 bits per heavy atom. The van der Waals surface area contributed by atoms with Crippen LogP contribution < -0.4 is 5.32 Å². The number of aromatic nitrogens is 1. The van der Waals surface area contributed by atoms with Gasteiger partial charge in [-0.25, -0.2) is 9.59 Å². The molecule has 7 nitrogen and oxygen atoms in total. The minimum absolute atomic E-state index is 0.00692. The number of aliphatic carboxylic acids is 1. The number of carbonyl (C=O) groups excluding carboxylic acids is 1. The Morgan fingerprint density at radius 3 is 2.39 bits per heavy atom. The fourth-order valence-corrected chi connectivity index (χ4v) is 1.93. The molecule has 0 spiro atoms. The summed E-state index contributed by atoms with van der Waals surface area (Å²) in [5, 5.41) is 20.1. The average molecular weight is 314 g/mol. The lowest BCUT2D eigenvalue weighted by Gasteiger charge is -2.08. The minimum Gasteiger partial charge on any atom is -0.478 e. The molecule has 23 heavy (non-hydrogen) atoms. The molecule has 0 aliphatic rings. The van der Waals surface area contributed by atoms with Gasteiger partial charge in [0.25, 0.3) is 0 Å². The lowest BCUT2D eigenvalue weighted by molar-refractivity contribution is -0.131. The van der Waals surface area contributed by atoms with Crippen molar-refractivity contribution in [2.24, 2.45) is 0 Å². The van der Waals surface area contributed by atoms with Crippen LogP contribution in [0.15, 0.2) is 48.7 Å². The van der Waals surface area contributed by atoms with Gasteiger partial charge >= 0.3 is 11.9 Å². The van der Waals surface area contributed by atoms with E-state index in [1.807, 2.05) is 0 Å². The maximum absolute atomic E-state index is 12.0. The highest BCUT2D eigenvalue weighted by Gasteiger charge is 2.07. The number of hydrogen-bond acceptors (Lipinski definition) is 3. The second-order valence-electron chi connectivity index (χ2n) is 4.66. The number of carbonyl (C=O) groups is 3. The Kier molecular flexibility index (Phi) is 4.93. The van der Waals surface area contributed by atoms with E-state index >= 15 is 0 Å². The molecule has 118 valence electrons. The largest absolute Gasteiger partial charge is 0.478 e. The van der Waals surface area contributed by atoms with Crippen LogP contribution in [-0.2, 0) is 16.1 Å². The summed E-state index contributed by atoms with van der Waals surface area (Å²) in [5.41, 5.74) is 1.20. The van der Waals surface area contributed by atoms with E-state index in [0.717, 1.165) is 6.08 Å². The molecule has 1 aromatic heterocycles. The number of hydrogen-bond donors (Lipinski definition) is 3. The van der Waals surface area contributed by atoms with Crippen molar-refractivity contribution in [2.45, 2.75) is 6.54 Å². The molecule has 0 unspecified atom stereocenters. The van der Waals surface area contributed by atoms with Crippen molar-refractivity contribution < 1.29 is 24.6 Å². The Balaban J connectivity index is 2.01. The highest BCUT2D eigenvalue weighted by molar-refractivity contribution is 5.92. The number of carboxylic acid groups (broad SMARTS) is 2. The van der Waals surface area contributed by atoms with Crippen LogP contribution in [0.25, 0.3) is 6.08 Å². The van der Waals surface area contributed by atoms with Crippen molar-refractivity contribution in [2.75, 3.05) is 5.32 Å². The van der Waals surface area contributed by atoms with E-state index in [1.165, 1.54) is 30.3 Å². The van der Waals surface area contributed by atoms with E-state index in [1.54, 1.807) is 22.9 Å². The average Bonchev–Trinajstić information content (AvgIpc) is 2.92. The second kappa shape index (κ2) is 7.08. The molecule has 0 saturated heterocycles. The number of nitrogens with one attached hydrogen (secondary N) is 1. The number of amides is 1. The van der Waals surface area contributed by atoms with Crippen molar-refractivity contribution in [3.63, 3.8) is 0 Å². The summed E-state index contributed by atoms with van der Waals surface area (Å²) in [6.45, 7) is 0.00692. The third kappa shape index (κ3) is 4.57. The third-order valence-corrected chi connectivity index (χ3v) is 2.99. The normalized spacial score (nSPS) is 10.6. The maximum Gasteiger partial charge on any atom is 0.335 e. The minimum atomic E-state index is -1.07. The van der Waals surface area contributed by atoms with Gasteiger partial charge in [-0.2, -0.15) is 0 Å². The number of carboxylic acids is 2. The summed E-state index contributed by atoms with van der Waals surface area (Å²) in [7, 11) is 0. The van der Waals surface area contributed by atoms with Gasteiger partial charge in [0.2, 0.25) is 5.91 Å². The molecule has 0 atom stereocenters. The fourth-order valence-electron chi connectivity index (χ4n) is 1.93. The van der Waals surface area contributed by atoms with Gasteiger partial charge in [0.05, 0.1) is 5.56 Å². The van der Waals surface area contributed by atoms with Gasteiger partial charge in [-0.05, 0) is 42.5 Å². The highest BCUT2D eigenvalue weighted by atomic mass is 16.4. The van der Waals surface area contributed by atoms with E-state index in [9.17, 15) is 14.4 Å². The van der Waals surface area contributed by atoms with Crippen LogP contribution in [0, 0.1) is 0 Å². The van der Waals surface area contributed by atoms with E-state index in [-0.39, 0.29) is 18.0 Å². The Labute approximate surface area is 131 Å². The van der Waals surface area contributed by atoms with Crippen molar-refractivity contribution in [3.05, 3.63) is 59.9 Å². The van der Waals surface area contributed by atoms with E-state index in [0.29, 0.717) is 11.4 Å². The van der Waals surface area contributed by atoms with Crippen molar-refractivity contribution in [1.29, 1.82) is 0 Å². The molecule has 0 fully saturated rings. The first-order valence-electron chi connectivity index (χ1n) is 6.65. The molecular formula is C16H14N2O5. The molecular weight excluding hydrogens is 300 g/mol.